The Morgan fingerprint density at radius 2 is 2.10 bits per heavy atom. The van der Waals surface area contributed by atoms with Crippen molar-refractivity contribution in [2.75, 3.05) is 12.3 Å². The van der Waals surface area contributed by atoms with Crippen molar-refractivity contribution in [3.63, 3.8) is 0 Å². The van der Waals surface area contributed by atoms with Gasteiger partial charge in [-0.05, 0) is 12.1 Å². The fourth-order valence-corrected chi connectivity index (χ4v) is 3.73. The molecule has 0 unspecified atom stereocenters. The molecule has 15 heteroatoms. The lowest BCUT2D eigenvalue weighted by Gasteiger charge is -2.16. The number of nitrogens with two attached hydrogens (primary N) is 1. The Hall–Kier alpha value is -3.24. The van der Waals surface area contributed by atoms with Crippen LogP contribution in [0.15, 0.2) is 37.2 Å². The number of ether oxygens (including phenoxy) is 1. The van der Waals surface area contributed by atoms with Crippen LogP contribution in [0.5, 0.6) is 0 Å². The molecule has 4 heterocycles. The number of nitrogen functional groups attached to an aromatic ring is 1. The first-order valence-corrected chi connectivity index (χ1v) is 10.2. The Kier molecular flexibility index (Phi) is 5.50. The second-order valence-corrected chi connectivity index (χ2v) is 7.89. The summed E-state index contributed by atoms with van der Waals surface area (Å²) in [6.07, 6.45) is -0.220. The van der Waals surface area contributed by atoms with E-state index < -0.39 is 47.4 Å². The van der Waals surface area contributed by atoms with Gasteiger partial charge in [0.25, 0.3) is 5.91 Å². The highest BCUT2D eigenvalue weighted by atomic mass is 32.2. The Bertz CT molecular complexity index is 1200. The smallest absolute Gasteiger partial charge is 0.362 e. The number of rotatable bonds is 6. The van der Waals surface area contributed by atoms with E-state index in [0.29, 0.717) is 0 Å². The van der Waals surface area contributed by atoms with E-state index in [0.717, 1.165) is 0 Å². The number of amides is 1. The van der Waals surface area contributed by atoms with Gasteiger partial charge in [0.05, 0.1) is 18.5 Å². The zero-order chi connectivity index (χ0) is 22.2. The van der Waals surface area contributed by atoms with Crippen molar-refractivity contribution in [2.24, 2.45) is 0 Å². The molecule has 4 rings (SSSR count). The molecule has 1 aliphatic rings. The highest BCUT2D eigenvalue weighted by Crippen LogP contribution is 2.32. The van der Waals surface area contributed by atoms with Gasteiger partial charge in [0, 0.05) is 12.4 Å². The van der Waals surface area contributed by atoms with Gasteiger partial charge >= 0.3 is 10.3 Å². The maximum absolute atomic E-state index is 12.1. The molecular weight excluding hydrogens is 434 g/mol. The van der Waals surface area contributed by atoms with E-state index in [1.54, 1.807) is 4.72 Å². The fourth-order valence-electron chi connectivity index (χ4n) is 3.01. The molecule has 0 aromatic carbocycles. The van der Waals surface area contributed by atoms with Crippen molar-refractivity contribution in [2.45, 2.75) is 24.5 Å². The molecule has 1 amide bonds. The number of anilines is 1. The molecule has 5 N–H and O–H groups in total. The number of nitrogens with one attached hydrogen (secondary N) is 1. The van der Waals surface area contributed by atoms with Crippen LogP contribution < -0.4 is 10.5 Å². The van der Waals surface area contributed by atoms with E-state index in [2.05, 4.69) is 19.9 Å². The molecule has 0 radical (unpaired) electrons. The van der Waals surface area contributed by atoms with Gasteiger partial charge in [-0.25, -0.2) is 19.7 Å². The lowest BCUT2D eigenvalue weighted by molar-refractivity contribution is -0.0468. The maximum atomic E-state index is 12.1. The quantitative estimate of drug-likeness (QED) is 0.325. The van der Waals surface area contributed by atoms with Gasteiger partial charge < -0.3 is 20.7 Å². The van der Waals surface area contributed by atoms with Crippen LogP contribution in [0.4, 0.5) is 5.82 Å². The summed E-state index contributed by atoms with van der Waals surface area (Å²) < 4.78 is 37.5. The van der Waals surface area contributed by atoms with Crippen LogP contribution >= 0.6 is 0 Å². The van der Waals surface area contributed by atoms with Crippen molar-refractivity contribution in [3.05, 3.63) is 42.7 Å². The zero-order valence-corrected chi connectivity index (χ0v) is 16.5. The van der Waals surface area contributed by atoms with Gasteiger partial charge in [0.2, 0.25) is 0 Å². The topological polar surface area (TPSA) is 205 Å². The molecule has 164 valence electrons. The summed E-state index contributed by atoms with van der Waals surface area (Å²) in [5.41, 5.74) is 6.26. The summed E-state index contributed by atoms with van der Waals surface area (Å²) in [5, 5.41) is 20.6. The van der Waals surface area contributed by atoms with Crippen LogP contribution in [0.2, 0.25) is 0 Å². The molecule has 0 bridgehead atoms. The molecule has 0 spiro atoms. The molecule has 0 saturated carbocycles. The van der Waals surface area contributed by atoms with Gasteiger partial charge in [-0.1, -0.05) is 0 Å². The average Bonchev–Trinajstić information content (AvgIpc) is 3.29. The fraction of sp³-hybridized carbons (Fsp3) is 0.312. The molecule has 1 saturated heterocycles. The number of aliphatic hydroxyl groups is 2. The standard InChI is InChI=1S/C16H17N7O7S/c17-13-10-14(20-6-19-13)23(7-21-10)16-12(25)11(24)9(30-16)5-29-31(27,28)22-15(26)8-2-1-3-18-4-8/h1-4,6-7,9,11-12,16,24-25H,5H2,(H,22,26)(H2,17,19,20)/t9-,11-,12-,16-/m1/s1. The highest BCUT2D eigenvalue weighted by molar-refractivity contribution is 7.85. The summed E-state index contributed by atoms with van der Waals surface area (Å²) in [7, 11) is -4.53. The summed E-state index contributed by atoms with van der Waals surface area (Å²) in [6, 6.07) is 2.83. The minimum absolute atomic E-state index is 0.00978. The molecular formula is C16H17N7O7S. The average molecular weight is 451 g/mol. The highest BCUT2D eigenvalue weighted by Gasteiger charge is 2.45. The van der Waals surface area contributed by atoms with E-state index in [-0.39, 0.29) is 22.5 Å². The number of imidazole rings is 1. The lowest BCUT2D eigenvalue weighted by Crippen LogP contribution is -2.37. The number of nitrogens with zero attached hydrogens (tertiary/aromatic N) is 5. The van der Waals surface area contributed by atoms with E-state index in [1.807, 2.05) is 0 Å². The van der Waals surface area contributed by atoms with Crippen molar-refractivity contribution >= 4 is 33.2 Å². The summed E-state index contributed by atoms with van der Waals surface area (Å²) in [5.74, 6) is -0.826. The number of carbonyl (C=O) groups excluding carboxylic acids is 1. The number of aliphatic hydroxyl groups excluding tert-OH is 2. The Labute approximate surface area is 174 Å². The molecule has 31 heavy (non-hydrogen) atoms. The Balaban J connectivity index is 1.43. The van der Waals surface area contributed by atoms with Crippen LogP contribution in [0, 0.1) is 0 Å². The SMILES string of the molecule is Nc1ncnc2c1ncn2[C@@H]1O[C@H](COS(=O)(=O)NC(=O)c2cccnc2)[C@@H](O)[C@H]1O. The first kappa shape index (κ1) is 21.0. The summed E-state index contributed by atoms with van der Waals surface area (Å²) in [6.45, 7) is -0.672. The van der Waals surface area contributed by atoms with E-state index in [9.17, 15) is 23.4 Å². The third kappa shape index (κ3) is 4.17. The number of fused-ring (bicyclic) bond motifs is 1. The zero-order valence-electron chi connectivity index (χ0n) is 15.6. The van der Waals surface area contributed by atoms with Crippen molar-refractivity contribution in [3.8, 4) is 0 Å². The van der Waals surface area contributed by atoms with Crippen molar-refractivity contribution in [1.82, 2.24) is 29.2 Å². The van der Waals surface area contributed by atoms with Crippen LogP contribution in [-0.2, 0) is 19.2 Å². The van der Waals surface area contributed by atoms with Gasteiger partial charge in [-0.3, -0.25) is 18.5 Å². The maximum Gasteiger partial charge on any atom is 0.362 e. The third-order valence-electron chi connectivity index (χ3n) is 4.53. The molecule has 4 atom stereocenters. The second kappa shape index (κ2) is 8.12. The minimum atomic E-state index is -4.53. The summed E-state index contributed by atoms with van der Waals surface area (Å²) in [4.78, 5) is 27.6. The second-order valence-electron chi connectivity index (χ2n) is 6.54. The molecule has 3 aromatic rings. The van der Waals surface area contributed by atoms with Crippen LogP contribution in [0.3, 0.4) is 0 Å². The number of hydrogen-bond acceptors (Lipinski definition) is 12. The predicted octanol–water partition coefficient (Wildman–Crippen LogP) is -1.89. The molecule has 1 fully saturated rings. The van der Waals surface area contributed by atoms with Crippen molar-refractivity contribution in [1.29, 1.82) is 0 Å². The molecule has 14 nitrogen and oxygen atoms in total. The predicted molar refractivity (Wildman–Crippen MR) is 102 cm³/mol. The molecule has 1 aliphatic heterocycles. The first-order valence-electron chi connectivity index (χ1n) is 8.83. The third-order valence-corrected chi connectivity index (χ3v) is 5.41. The lowest BCUT2D eigenvalue weighted by atomic mass is 10.1. The van der Waals surface area contributed by atoms with Gasteiger partial charge in [-0.2, -0.15) is 8.42 Å². The number of pyridine rings is 1. The van der Waals surface area contributed by atoms with E-state index in [4.69, 9.17) is 14.7 Å². The summed E-state index contributed by atoms with van der Waals surface area (Å²) >= 11 is 0. The van der Waals surface area contributed by atoms with Gasteiger partial charge in [0.1, 0.15) is 30.2 Å². The minimum Gasteiger partial charge on any atom is -0.387 e. The largest absolute Gasteiger partial charge is 0.387 e. The van der Waals surface area contributed by atoms with Crippen LogP contribution in [0.1, 0.15) is 16.6 Å². The first-order chi connectivity index (χ1) is 14.8. The van der Waals surface area contributed by atoms with Crippen molar-refractivity contribution < 1.29 is 32.3 Å². The Morgan fingerprint density at radius 3 is 2.84 bits per heavy atom. The monoisotopic (exact) mass is 451 g/mol. The van der Waals surface area contributed by atoms with E-state index >= 15 is 0 Å². The van der Waals surface area contributed by atoms with Gasteiger partial charge in [0.15, 0.2) is 17.7 Å². The van der Waals surface area contributed by atoms with E-state index in [1.165, 1.54) is 41.7 Å². The number of aromatic nitrogens is 5. The van der Waals surface area contributed by atoms with Crippen LogP contribution in [-0.4, -0.2) is 74.0 Å². The molecule has 3 aromatic heterocycles. The van der Waals surface area contributed by atoms with Crippen LogP contribution in [0.25, 0.3) is 11.2 Å². The number of carbonyl (C=O) groups is 1. The Morgan fingerprint density at radius 1 is 1.29 bits per heavy atom. The molecule has 0 aliphatic carbocycles. The van der Waals surface area contributed by atoms with Gasteiger partial charge in [-0.15, -0.1) is 0 Å². The number of hydrogen-bond donors (Lipinski definition) is 4. The normalized spacial score (nSPS) is 23.8.